The Labute approximate surface area is 107 Å². The van der Waals surface area contributed by atoms with Gasteiger partial charge in [-0.3, -0.25) is 0 Å². The Balaban J connectivity index is 0.000000980. The van der Waals surface area contributed by atoms with E-state index in [0.717, 1.165) is 5.56 Å². The molecular formula is C12H12NNa. The average molecular weight is 193 g/mol. The molecule has 2 aromatic rings. The molecule has 1 nitrogen and oxygen atoms in total. The Morgan fingerprint density at radius 1 is 1.00 bits per heavy atom. The summed E-state index contributed by atoms with van der Waals surface area (Å²) >= 11 is 0. The maximum atomic E-state index is 7.70. The van der Waals surface area contributed by atoms with Gasteiger partial charge >= 0.3 is 29.6 Å². The fraction of sp³-hybridized carbons (Fsp3) is 0.167. The van der Waals surface area contributed by atoms with E-state index in [9.17, 15) is 0 Å². The zero-order valence-electron chi connectivity index (χ0n) is 8.62. The van der Waals surface area contributed by atoms with Crippen LogP contribution >= 0.6 is 0 Å². The molecule has 0 aliphatic carbocycles. The van der Waals surface area contributed by atoms with E-state index in [2.05, 4.69) is 18.2 Å². The van der Waals surface area contributed by atoms with Gasteiger partial charge in [-0.05, 0) is 10.8 Å². The average Bonchev–Trinajstić information content (AvgIpc) is 2.17. The van der Waals surface area contributed by atoms with Crippen LogP contribution in [-0.2, 0) is 0 Å². The van der Waals surface area contributed by atoms with Gasteiger partial charge in [0.2, 0.25) is 0 Å². The second-order valence-corrected chi connectivity index (χ2v) is 3.29. The van der Waals surface area contributed by atoms with Crippen LogP contribution in [0.2, 0.25) is 0 Å². The quantitative estimate of drug-likeness (QED) is 0.602. The van der Waals surface area contributed by atoms with Gasteiger partial charge in [-0.2, -0.15) is 0 Å². The summed E-state index contributed by atoms with van der Waals surface area (Å²) in [5.41, 5.74) is 8.81. The minimum atomic E-state index is -0.147. The predicted octanol–water partition coefficient (Wildman–Crippen LogP) is 0.957. The molecule has 0 bridgehead atoms. The van der Waals surface area contributed by atoms with E-state index >= 15 is 0 Å². The third-order valence-corrected chi connectivity index (χ3v) is 2.29. The molecule has 2 rings (SSSR count). The van der Waals surface area contributed by atoms with Gasteiger partial charge in [0, 0.05) is 0 Å². The summed E-state index contributed by atoms with van der Waals surface area (Å²) in [5, 5.41) is 2.42. The molecule has 0 aliphatic rings. The number of rotatable bonds is 1. The normalized spacial score (nSPS) is 12.1. The monoisotopic (exact) mass is 193 g/mol. The molecule has 0 saturated heterocycles. The number of nitrogens with one attached hydrogen (secondary N) is 1. The van der Waals surface area contributed by atoms with Crippen molar-refractivity contribution >= 4 is 10.8 Å². The summed E-state index contributed by atoms with van der Waals surface area (Å²) in [5.74, 6) is 0. The maximum Gasteiger partial charge on any atom is 1.00 e. The van der Waals surface area contributed by atoms with Gasteiger partial charge in [0.1, 0.15) is 0 Å². The van der Waals surface area contributed by atoms with Crippen molar-refractivity contribution < 1.29 is 29.6 Å². The van der Waals surface area contributed by atoms with Crippen LogP contribution in [0.4, 0.5) is 0 Å². The van der Waals surface area contributed by atoms with Crippen LogP contribution in [0.15, 0.2) is 42.5 Å². The third kappa shape index (κ3) is 2.18. The van der Waals surface area contributed by atoms with E-state index < -0.39 is 0 Å². The van der Waals surface area contributed by atoms with Gasteiger partial charge in [0.25, 0.3) is 0 Å². The van der Waals surface area contributed by atoms with Crippen molar-refractivity contribution in [3.63, 3.8) is 0 Å². The van der Waals surface area contributed by atoms with Crippen LogP contribution in [-0.4, -0.2) is 0 Å². The Bertz CT molecular complexity index is 418. The van der Waals surface area contributed by atoms with Crippen molar-refractivity contribution in [1.82, 2.24) is 0 Å². The molecule has 0 saturated carbocycles. The van der Waals surface area contributed by atoms with E-state index in [-0.39, 0.29) is 35.6 Å². The summed E-state index contributed by atoms with van der Waals surface area (Å²) in [6.07, 6.45) is 0. The second-order valence-electron chi connectivity index (χ2n) is 3.29. The van der Waals surface area contributed by atoms with Crippen LogP contribution in [0.1, 0.15) is 18.5 Å². The van der Waals surface area contributed by atoms with Crippen molar-refractivity contribution in [2.24, 2.45) is 0 Å². The summed E-state index contributed by atoms with van der Waals surface area (Å²) in [6.45, 7) is 1.90. The van der Waals surface area contributed by atoms with E-state index in [0.29, 0.717) is 0 Å². The standard InChI is InChI=1S/C12H12N.Na/c1-9(13)11-8-4-6-10-5-2-3-7-12(10)11;/h2-9,13H,1H3;/q-1;+1/t9-;/m0./s1. The fourth-order valence-electron chi connectivity index (χ4n) is 1.63. The Kier molecular flexibility index (Phi) is 4.14. The Morgan fingerprint density at radius 3 is 2.36 bits per heavy atom. The summed E-state index contributed by atoms with van der Waals surface area (Å²) in [6, 6.07) is 14.2. The van der Waals surface area contributed by atoms with Crippen molar-refractivity contribution in [1.29, 1.82) is 0 Å². The molecule has 2 aromatic carbocycles. The zero-order valence-corrected chi connectivity index (χ0v) is 10.6. The van der Waals surface area contributed by atoms with Crippen LogP contribution in [0.3, 0.4) is 0 Å². The molecule has 0 heterocycles. The second kappa shape index (κ2) is 4.94. The minimum Gasteiger partial charge on any atom is -0.671 e. The van der Waals surface area contributed by atoms with E-state index in [1.165, 1.54) is 10.8 Å². The topological polar surface area (TPSA) is 23.8 Å². The van der Waals surface area contributed by atoms with Gasteiger partial charge in [0.05, 0.1) is 0 Å². The number of fused-ring (bicyclic) bond motifs is 1. The first-order valence-corrected chi connectivity index (χ1v) is 4.48. The van der Waals surface area contributed by atoms with Crippen molar-refractivity contribution in [3.05, 3.63) is 53.8 Å². The largest absolute Gasteiger partial charge is 1.00 e. The molecule has 14 heavy (non-hydrogen) atoms. The molecule has 0 aromatic heterocycles. The number of hydrogen-bond donors (Lipinski definition) is 0. The molecule has 0 aliphatic heterocycles. The molecule has 0 spiro atoms. The Hall–Kier alpha value is -0.340. The molecule has 1 atom stereocenters. The third-order valence-electron chi connectivity index (χ3n) is 2.29. The van der Waals surface area contributed by atoms with Crippen LogP contribution < -0.4 is 29.6 Å². The summed E-state index contributed by atoms with van der Waals surface area (Å²) in [7, 11) is 0. The first-order valence-electron chi connectivity index (χ1n) is 4.48. The molecule has 1 N–H and O–H groups in total. The Morgan fingerprint density at radius 2 is 1.64 bits per heavy atom. The molecule has 0 amide bonds. The molecule has 0 radical (unpaired) electrons. The van der Waals surface area contributed by atoms with Gasteiger partial charge in [-0.1, -0.05) is 55.0 Å². The summed E-state index contributed by atoms with van der Waals surface area (Å²) in [4.78, 5) is 0. The molecule has 66 valence electrons. The number of benzene rings is 2. The fourth-order valence-corrected chi connectivity index (χ4v) is 1.63. The van der Waals surface area contributed by atoms with Crippen LogP contribution in [0, 0.1) is 0 Å². The SMILES string of the molecule is C[C@H]([NH-])c1cccc2ccccc12.[Na+]. The molecule has 0 fully saturated rings. The van der Waals surface area contributed by atoms with Gasteiger partial charge < -0.3 is 5.73 Å². The van der Waals surface area contributed by atoms with E-state index in [1.807, 2.05) is 31.2 Å². The smallest absolute Gasteiger partial charge is 0.671 e. The first-order chi connectivity index (χ1) is 6.29. The first kappa shape index (κ1) is 11.7. The van der Waals surface area contributed by atoms with E-state index in [4.69, 9.17) is 5.73 Å². The van der Waals surface area contributed by atoms with E-state index in [1.54, 1.807) is 0 Å². The maximum absolute atomic E-state index is 7.70. The predicted molar refractivity (Wildman–Crippen MR) is 56.7 cm³/mol. The van der Waals surface area contributed by atoms with Crippen LogP contribution in [0.5, 0.6) is 0 Å². The summed E-state index contributed by atoms with van der Waals surface area (Å²) < 4.78 is 0. The van der Waals surface area contributed by atoms with Gasteiger partial charge in [0.15, 0.2) is 0 Å². The van der Waals surface area contributed by atoms with Crippen LogP contribution in [0.25, 0.3) is 16.5 Å². The zero-order chi connectivity index (χ0) is 9.26. The minimum absolute atomic E-state index is 0. The van der Waals surface area contributed by atoms with Crippen molar-refractivity contribution in [2.45, 2.75) is 13.0 Å². The van der Waals surface area contributed by atoms with Crippen molar-refractivity contribution in [2.75, 3.05) is 0 Å². The molecule has 2 heteroatoms. The van der Waals surface area contributed by atoms with Gasteiger partial charge in [-0.15, -0.1) is 6.04 Å². The molecular weight excluding hydrogens is 181 g/mol. The number of hydrogen-bond acceptors (Lipinski definition) is 0. The molecule has 0 unspecified atom stereocenters. The van der Waals surface area contributed by atoms with Crippen molar-refractivity contribution in [3.8, 4) is 0 Å². The van der Waals surface area contributed by atoms with Gasteiger partial charge in [-0.25, -0.2) is 0 Å².